The lowest BCUT2D eigenvalue weighted by molar-refractivity contribution is 0.118. The first-order valence-electron chi connectivity index (χ1n) is 4.90. The normalized spacial score (nSPS) is 20.1. The highest BCUT2D eigenvalue weighted by molar-refractivity contribution is 4.86. The Kier molecular flexibility index (Phi) is 2.74. The van der Waals surface area contributed by atoms with E-state index in [-0.39, 0.29) is 0 Å². The molecule has 0 saturated carbocycles. The molecular weight excluding hydrogens is 182 g/mol. The summed E-state index contributed by atoms with van der Waals surface area (Å²) in [5, 5.41) is 21.2. The SMILES string of the molecule is Cn1nnc(C(O)CN2CCCC2)n1. The molecule has 0 aliphatic carbocycles. The van der Waals surface area contributed by atoms with E-state index in [4.69, 9.17) is 0 Å². The van der Waals surface area contributed by atoms with Crippen molar-refractivity contribution in [3.8, 4) is 0 Å². The smallest absolute Gasteiger partial charge is 0.204 e. The van der Waals surface area contributed by atoms with Crippen LogP contribution in [0.5, 0.6) is 0 Å². The van der Waals surface area contributed by atoms with Gasteiger partial charge in [-0.25, -0.2) is 0 Å². The number of aliphatic hydroxyl groups excluding tert-OH is 1. The number of β-amino-alcohol motifs (C(OH)–C–C–N with tert-alkyl or cyclic N) is 1. The molecule has 1 saturated heterocycles. The highest BCUT2D eigenvalue weighted by atomic mass is 16.3. The molecule has 2 rings (SSSR count). The summed E-state index contributed by atoms with van der Waals surface area (Å²) in [6.45, 7) is 2.75. The molecular formula is C8H15N5O. The molecule has 1 atom stereocenters. The predicted molar refractivity (Wildman–Crippen MR) is 49.4 cm³/mol. The van der Waals surface area contributed by atoms with Crippen LogP contribution in [0, 0.1) is 0 Å². The quantitative estimate of drug-likeness (QED) is 0.696. The number of nitrogens with zero attached hydrogens (tertiary/aromatic N) is 5. The van der Waals surface area contributed by atoms with Crippen molar-refractivity contribution in [2.24, 2.45) is 7.05 Å². The molecule has 1 unspecified atom stereocenters. The molecule has 0 spiro atoms. The molecule has 1 N–H and O–H groups in total. The summed E-state index contributed by atoms with van der Waals surface area (Å²) in [6.07, 6.45) is 1.84. The minimum atomic E-state index is -0.609. The second-order valence-corrected chi connectivity index (χ2v) is 3.66. The van der Waals surface area contributed by atoms with Crippen molar-refractivity contribution in [2.75, 3.05) is 19.6 Å². The van der Waals surface area contributed by atoms with Crippen molar-refractivity contribution in [3.05, 3.63) is 5.82 Å². The van der Waals surface area contributed by atoms with Gasteiger partial charge in [-0.05, 0) is 31.1 Å². The van der Waals surface area contributed by atoms with E-state index >= 15 is 0 Å². The van der Waals surface area contributed by atoms with Crippen molar-refractivity contribution < 1.29 is 5.11 Å². The van der Waals surface area contributed by atoms with Crippen LogP contribution < -0.4 is 0 Å². The molecule has 0 radical (unpaired) electrons. The topological polar surface area (TPSA) is 67.1 Å². The summed E-state index contributed by atoms with van der Waals surface area (Å²) in [5.74, 6) is 0.416. The maximum absolute atomic E-state index is 9.77. The molecule has 0 aromatic carbocycles. The van der Waals surface area contributed by atoms with Gasteiger partial charge in [-0.2, -0.15) is 4.80 Å². The molecule has 6 nitrogen and oxygen atoms in total. The Morgan fingerprint density at radius 2 is 2.14 bits per heavy atom. The molecule has 0 bridgehead atoms. The van der Waals surface area contributed by atoms with E-state index in [2.05, 4.69) is 20.3 Å². The molecule has 1 aliphatic rings. The van der Waals surface area contributed by atoms with Crippen LogP contribution >= 0.6 is 0 Å². The van der Waals surface area contributed by atoms with Crippen molar-refractivity contribution in [3.63, 3.8) is 0 Å². The maximum atomic E-state index is 9.77. The van der Waals surface area contributed by atoms with Gasteiger partial charge in [0.05, 0.1) is 7.05 Å². The standard InChI is InChI=1S/C8H15N5O/c1-12-10-8(9-11-12)7(14)6-13-4-2-3-5-13/h7,14H,2-6H2,1H3. The summed E-state index contributed by atoms with van der Waals surface area (Å²) >= 11 is 0. The Hall–Kier alpha value is -1.01. The molecule has 0 amide bonds. The average Bonchev–Trinajstić information content (AvgIpc) is 2.75. The summed E-state index contributed by atoms with van der Waals surface area (Å²) in [6, 6.07) is 0. The fourth-order valence-corrected chi connectivity index (χ4v) is 1.72. The van der Waals surface area contributed by atoms with Crippen LogP contribution in [-0.2, 0) is 7.05 Å². The van der Waals surface area contributed by atoms with E-state index in [1.54, 1.807) is 7.05 Å². The number of aliphatic hydroxyl groups is 1. The highest BCUT2D eigenvalue weighted by Gasteiger charge is 2.19. The second-order valence-electron chi connectivity index (χ2n) is 3.66. The lowest BCUT2D eigenvalue weighted by Crippen LogP contribution is -2.26. The van der Waals surface area contributed by atoms with Gasteiger partial charge in [0, 0.05) is 6.54 Å². The summed E-state index contributed by atoms with van der Waals surface area (Å²) in [7, 11) is 1.69. The number of hydrogen-bond donors (Lipinski definition) is 1. The number of rotatable bonds is 3. The summed E-state index contributed by atoms with van der Waals surface area (Å²) in [4.78, 5) is 3.59. The van der Waals surface area contributed by atoms with Crippen molar-refractivity contribution in [1.29, 1.82) is 0 Å². The van der Waals surface area contributed by atoms with E-state index in [1.165, 1.54) is 17.6 Å². The van der Waals surface area contributed by atoms with Gasteiger partial charge in [-0.15, -0.1) is 10.2 Å². The third-order valence-corrected chi connectivity index (χ3v) is 2.45. The van der Waals surface area contributed by atoms with Gasteiger partial charge in [-0.3, -0.25) is 0 Å². The third-order valence-electron chi connectivity index (χ3n) is 2.45. The highest BCUT2D eigenvalue weighted by Crippen LogP contribution is 2.13. The lowest BCUT2D eigenvalue weighted by Gasteiger charge is -2.16. The zero-order valence-corrected chi connectivity index (χ0v) is 8.30. The van der Waals surface area contributed by atoms with Crippen molar-refractivity contribution in [2.45, 2.75) is 18.9 Å². The third kappa shape index (κ3) is 2.08. The van der Waals surface area contributed by atoms with E-state index in [0.29, 0.717) is 12.4 Å². The fraction of sp³-hybridized carbons (Fsp3) is 0.875. The Labute approximate surface area is 82.5 Å². The average molecular weight is 197 g/mol. The Morgan fingerprint density at radius 3 is 2.71 bits per heavy atom. The lowest BCUT2D eigenvalue weighted by atomic mass is 10.3. The largest absolute Gasteiger partial charge is 0.384 e. The van der Waals surface area contributed by atoms with Crippen LogP contribution in [0.3, 0.4) is 0 Å². The van der Waals surface area contributed by atoms with Crippen molar-refractivity contribution >= 4 is 0 Å². The summed E-state index contributed by atoms with van der Waals surface area (Å²) in [5.41, 5.74) is 0. The monoisotopic (exact) mass is 197 g/mol. The van der Waals surface area contributed by atoms with Gasteiger partial charge in [0.1, 0.15) is 6.10 Å². The van der Waals surface area contributed by atoms with Gasteiger partial charge in [0.2, 0.25) is 5.82 Å². The van der Waals surface area contributed by atoms with E-state index < -0.39 is 6.10 Å². The van der Waals surface area contributed by atoms with Gasteiger partial charge >= 0.3 is 0 Å². The first-order valence-corrected chi connectivity index (χ1v) is 4.90. The van der Waals surface area contributed by atoms with Crippen LogP contribution in [-0.4, -0.2) is 49.8 Å². The van der Waals surface area contributed by atoms with Crippen LogP contribution in [0.1, 0.15) is 24.8 Å². The summed E-state index contributed by atoms with van der Waals surface area (Å²) < 4.78 is 0. The van der Waals surface area contributed by atoms with Crippen molar-refractivity contribution in [1.82, 2.24) is 25.1 Å². The molecule has 2 heterocycles. The number of likely N-dealkylation sites (tertiary alicyclic amines) is 1. The number of aromatic nitrogens is 4. The molecule has 1 aromatic heterocycles. The Morgan fingerprint density at radius 1 is 1.43 bits per heavy atom. The number of aryl methyl sites for hydroxylation is 1. The van der Waals surface area contributed by atoms with Crippen LogP contribution in [0.25, 0.3) is 0 Å². The molecule has 78 valence electrons. The first-order chi connectivity index (χ1) is 6.75. The molecule has 14 heavy (non-hydrogen) atoms. The second kappa shape index (κ2) is 4.02. The van der Waals surface area contributed by atoms with E-state index in [1.807, 2.05) is 0 Å². The predicted octanol–water partition coefficient (Wildman–Crippen LogP) is -0.661. The van der Waals surface area contributed by atoms with Gasteiger partial charge in [0.15, 0.2) is 0 Å². The Bertz CT molecular complexity index is 294. The molecule has 1 aliphatic heterocycles. The minimum Gasteiger partial charge on any atom is -0.384 e. The fourth-order valence-electron chi connectivity index (χ4n) is 1.72. The van der Waals surface area contributed by atoms with Crippen LogP contribution in [0.2, 0.25) is 0 Å². The number of tetrazole rings is 1. The maximum Gasteiger partial charge on any atom is 0.204 e. The minimum absolute atomic E-state index is 0.416. The zero-order chi connectivity index (χ0) is 9.97. The molecule has 6 heteroatoms. The first kappa shape index (κ1) is 9.54. The van der Waals surface area contributed by atoms with Gasteiger partial charge in [0.25, 0.3) is 0 Å². The zero-order valence-electron chi connectivity index (χ0n) is 8.30. The molecule has 1 fully saturated rings. The van der Waals surface area contributed by atoms with Gasteiger partial charge in [-0.1, -0.05) is 0 Å². The van der Waals surface area contributed by atoms with Crippen LogP contribution in [0.4, 0.5) is 0 Å². The van der Waals surface area contributed by atoms with Crippen LogP contribution in [0.15, 0.2) is 0 Å². The number of hydrogen-bond acceptors (Lipinski definition) is 5. The van der Waals surface area contributed by atoms with E-state index in [0.717, 1.165) is 13.1 Å². The molecule has 1 aromatic rings. The van der Waals surface area contributed by atoms with Gasteiger partial charge < -0.3 is 10.0 Å². The Balaban J connectivity index is 1.91. The van der Waals surface area contributed by atoms with E-state index in [9.17, 15) is 5.11 Å².